The standard InChI is InChI=1S/C40H32N2/c1-4-33-34-18-8-11-21-38(34)41(37(33)24-14-15-28(2)3)31-25-30(29-16-6-5-7-17-29)26-32(27-31)42-39-22-12-9-19-35(39)36-20-10-13-23-40(36)42/h4-14,16-27H,1-2,15H2,3H3/b24-14-. The summed E-state index contributed by atoms with van der Waals surface area (Å²) in [7, 11) is 0. The van der Waals surface area contributed by atoms with Gasteiger partial charge in [-0.05, 0) is 66.9 Å². The lowest BCUT2D eigenvalue weighted by molar-refractivity contribution is 1.09. The van der Waals surface area contributed by atoms with E-state index in [1.807, 2.05) is 6.08 Å². The number of hydrogen-bond acceptors (Lipinski definition) is 0. The summed E-state index contributed by atoms with van der Waals surface area (Å²) in [6.07, 6.45) is 7.24. The van der Waals surface area contributed by atoms with Crippen molar-refractivity contribution in [1.29, 1.82) is 0 Å². The van der Waals surface area contributed by atoms with Crippen LogP contribution in [-0.4, -0.2) is 9.13 Å². The van der Waals surface area contributed by atoms with Crippen LogP contribution in [0.5, 0.6) is 0 Å². The topological polar surface area (TPSA) is 9.86 Å². The molecule has 0 spiro atoms. The zero-order valence-electron chi connectivity index (χ0n) is 23.8. The predicted molar refractivity (Wildman–Crippen MR) is 182 cm³/mol. The predicted octanol–water partition coefficient (Wildman–Crippen LogP) is 11.0. The van der Waals surface area contributed by atoms with E-state index in [2.05, 4.69) is 163 Å². The second-order valence-corrected chi connectivity index (χ2v) is 10.9. The molecule has 0 amide bonds. The van der Waals surface area contributed by atoms with E-state index in [-0.39, 0.29) is 0 Å². The second-order valence-electron chi connectivity index (χ2n) is 10.9. The van der Waals surface area contributed by atoms with Crippen molar-refractivity contribution in [2.24, 2.45) is 0 Å². The van der Waals surface area contributed by atoms with Crippen LogP contribution in [0.25, 0.3) is 67.4 Å². The fraction of sp³-hybridized carbons (Fsp3) is 0.0500. The summed E-state index contributed by atoms with van der Waals surface area (Å²) in [5, 5.41) is 3.69. The third kappa shape index (κ3) is 4.29. The van der Waals surface area contributed by atoms with E-state index in [1.165, 1.54) is 38.3 Å². The first-order chi connectivity index (χ1) is 20.6. The zero-order valence-corrected chi connectivity index (χ0v) is 23.8. The summed E-state index contributed by atoms with van der Waals surface area (Å²) >= 11 is 0. The van der Waals surface area contributed by atoms with Crippen molar-refractivity contribution in [3.8, 4) is 22.5 Å². The van der Waals surface area contributed by atoms with Gasteiger partial charge in [-0.25, -0.2) is 0 Å². The largest absolute Gasteiger partial charge is 0.309 e. The Balaban J connectivity index is 1.58. The van der Waals surface area contributed by atoms with Crippen molar-refractivity contribution in [3.63, 3.8) is 0 Å². The molecule has 0 aliphatic carbocycles. The maximum atomic E-state index is 4.21. The normalized spacial score (nSPS) is 11.6. The first-order valence-electron chi connectivity index (χ1n) is 14.4. The number of rotatable bonds is 7. The Morgan fingerprint density at radius 2 is 1.14 bits per heavy atom. The van der Waals surface area contributed by atoms with Crippen molar-refractivity contribution in [2.45, 2.75) is 13.3 Å². The number of fused-ring (bicyclic) bond motifs is 4. The van der Waals surface area contributed by atoms with Crippen LogP contribution in [0.15, 0.2) is 146 Å². The van der Waals surface area contributed by atoms with Crippen LogP contribution in [0.4, 0.5) is 0 Å². The highest BCUT2D eigenvalue weighted by Crippen LogP contribution is 2.37. The zero-order chi connectivity index (χ0) is 28.6. The Kier molecular flexibility index (Phi) is 6.45. The van der Waals surface area contributed by atoms with Gasteiger partial charge < -0.3 is 9.13 Å². The van der Waals surface area contributed by atoms with Gasteiger partial charge in [0.15, 0.2) is 0 Å². The quantitative estimate of drug-likeness (QED) is 0.178. The lowest BCUT2D eigenvalue weighted by atomic mass is 10.0. The summed E-state index contributed by atoms with van der Waals surface area (Å²) in [6, 6.07) is 43.6. The second kappa shape index (κ2) is 10.6. The van der Waals surface area contributed by atoms with E-state index in [4.69, 9.17) is 0 Å². The van der Waals surface area contributed by atoms with E-state index >= 15 is 0 Å². The van der Waals surface area contributed by atoms with Gasteiger partial charge in [0.1, 0.15) is 0 Å². The minimum atomic E-state index is 0.828. The van der Waals surface area contributed by atoms with Crippen LogP contribution in [-0.2, 0) is 0 Å². The molecule has 2 heteroatoms. The van der Waals surface area contributed by atoms with Gasteiger partial charge in [-0.1, -0.05) is 116 Å². The van der Waals surface area contributed by atoms with E-state index in [0.29, 0.717) is 0 Å². The molecule has 2 aromatic heterocycles. The monoisotopic (exact) mass is 540 g/mol. The van der Waals surface area contributed by atoms with Gasteiger partial charge in [-0.15, -0.1) is 0 Å². The van der Waals surface area contributed by atoms with E-state index in [9.17, 15) is 0 Å². The van der Waals surface area contributed by atoms with Gasteiger partial charge in [-0.2, -0.15) is 0 Å². The minimum absolute atomic E-state index is 0.828. The number of para-hydroxylation sites is 3. The Hall–Kier alpha value is -5.34. The molecule has 0 radical (unpaired) electrons. The van der Waals surface area contributed by atoms with Crippen LogP contribution in [0, 0.1) is 0 Å². The molecule has 0 saturated heterocycles. The van der Waals surface area contributed by atoms with Crippen LogP contribution in [0.2, 0.25) is 0 Å². The average Bonchev–Trinajstić information content (AvgIpc) is 3.53. The number of hydrogen-bond donors (Lipinski definition) is 0. The molecule has 2 heterocycles. The Labute approximate surface area is 246 Å². The van der Waals surface area contributed by atoms with E-state index in [1.54, 1.807) is 0 Å². The van der Waals surface area contributed by atoms with Gasteiger partial charge in [0.25, 0.3) is 0 Å². The van der Waals surface area contributed by atoms with Gasteiger partial charge in [0, 0.05) is 33.1 Å². The summed E-state index contributed by atoms with van der Waals surface area (Å²) < 4.78 is 4.78. The molecule has 0 fully saturated rings. The highest BCUT2D eigenvalue weighted by atomic mass is 15.0. The van der Waals surface area contributed by atoms with Crippen LogP contribution in [0.1, 0.15) is 24.6 Å². The molecule has 0 aliphatic rings. The maximum Gasteiger partial charge on any atom is 0.0541 e. The molecule has 2 nitrogen and oxygen atoms in total. The molecular weight excluding hydrogens is 508 g/mol. The lowest BCUT2D eigenvalue weighted by Crippen LogP contribution is -2.01. The van der Waals surface area contributed by atoms with E-state index < -0.39 is 0 Å². The first kappa shape index (κ1) is 25.6. The summed E-state index contributed by atoms with van der Waals surface area (Å²) in [5.41, 5.74) is 11.5. The number of aromatic nitrogens is 2. The van der Waals surface area contributed by atoms with Crippen molar-refractivity contribution in [3.05, 3.63) is 157 Å². The molecule has 42 heavy (non-hydrogen) atoms. The Morgan fingerprint density at radius 3 is 1.74 bits per heavy atom. The highest BCUT2D eigenvalue weighted by molar-refractivity contribution is 6.09. The highest BCUT2D eigenvalue weighted by Gasteiger charge is 2.18. The van der Waals surface area contributed by atoms with Crippen molar-refractivity contribution in [2.75, 3.05) is 0 Å². The van der Waals surface area contributed by atoms with Gasteiger partial charge in [0.2, 0.25) is 0 Å². The van der Waals surface area contributed by atoms with Crippen molar-refractivity contribution in [1.82, 2.24) is 9.13 Å². The first-order valence-corrected chi connectivity index (χ1v) is 14.4. The van der Waals surface area contributed by atoms with Gasteiger partial charge >= 0.3 is 0 Å². The average molecular weight is 541 g/mol. The number of allylic oxidation sites excluding steroid dienone is 2. The molecule has 0 N–H and O–H groups in total. The fourth-order valence-corrected chi connectivity index (χ4v) is 6.16. The third-order valence-corrected chi connectivity index (χ3v) is 8.00. The third-order valence-electron chi connectivity index (χ3n) is 8.00. The lowest BCUT2D eigenvalue weighted by Gasteiger charge is -2.16. The maximum absolute atomic E-state index is 4.21. The van der Waals surface area contributed by atoms with Crippen molar-refractivity contribution < 1.29 is 0 Å². The van der Waals surface area contributed by atoms with Crippen LogP contribution >= 0.6 is 0 Å². The molecule has 202 valence electrons. The van der Waals surface area contributed by atoms with Crippen LogP contribution < -0.4 is 0 Å². The molecule has 0 unspecified atom stereocenters. The summed E-state index contributed by atoms with van der Waals surface area (Å²) in [4.78, 5) is 0. The summed E-state index contributed by atoms with van der Waals surface area (Å²) in [6.45, 7) is 10.4. The molecular formula is C40H32N2. The van der Waals surface area contributed by atoms with Gasteiger partial charge in [-0.3, -0.25) is 0 Å². The van der Waals surface area contributed by atoms with Crippen molar-refractivity contribution >= 4 is 44.9 Å². The molecule has 0 saturated carbocycles. The molecule has 5 aromatic carbocycles. The van der Waals surface area contributed by atoms with E-state index in [0.717, 1.165) is 40.1 Å². The smallest absolute Gasteiger partial charge is 0.0541 e. The minimum Gasteiger partial charge on any atom is -0.309 e. The van der Waals surface area contributed by atoms with Gasteiger partial charge in [0.05, 0.1) is 22.2 Å². The number of nitrogens with zero attached hydrogens (tertiary/aromatic N) is 2. The fourth-order valence-electron chi connectivity index (χ4n) is 6.16. The Morgan fingerprint density at radius 1 is 0.619 bits per heavy atom. The molecule has 0 atom stereocenters. The summed E-state index contributed by atoms with van der Waals surface area (Å²) in [5.74, 6) is 0. The molecule has 7 rings (SSSR count). The molecule has 7 aromatic rings. The SMILES string of the molecule is C=Cc1c(/C=C\CC(=C)C)n(-c2cc(-c3ccccc3)cc(-n3c4ccccc4c4ccccc43)c2)c2ccccc12. The molecule has 0 bridgehead atoms. The number of benzene rings is 5. The molecule has 0 aliphatic heterocycles. The van der Waals surface area contributed by atoms with Crippen LogP contribution in [0.3, 0.4) is 0 Å². The Bertz CT molecular complexity index is 2100.